The summed E-state index contributed by atoms with van der Waals surface area (Å²) in [5, 5.41) is 0. The molecular formula is C22H30F4O. The first-order valence-corrected chi connectivity index (χ1v) is 10.4. The lowest BCUT2D eigenvalue weighted by Crippen LogP contribution is -2.31. The molecule has 0 bridgehead atoms. The minimum atomic E-state index is -3.23. The van der Waals surface area contributed by atoms with Crippen molar-refractivity contribution in [3.8, 4) is 5.75 Å². The van der Waals surface area contributed by atoms with Crippen molar-refractivity contribution in [2.45, 2.75) is 77.7 Å². The summed E-state index contributed by atoms with van der Waals surface area (Å²) < 4.78 is 56.1. The zero-order valence-corrected chi connectivity index (χ0v) is 16.0. The van der Waals surface area contributed by atoms with Crippen LogP contribution in [0.5, 0.6) is 5.75 Å². The zero-order valence-electron chi connectivity index (χ0n) is 16.0. The number of halogens is 4. The summed E-state index contributed by atoms with van der Waals surface area (Å²) in [5.74, 6) is 0.0915. The Balaban J connectivity index is 1.51. The number of ether oxygens (including phenoxy) is 1. The molecule has 2 aliphatic rings. The molecule has 0 N–H and O–H groups in total. The van der Waals surface area contributed by atoms with Crippen LogP contribution < -0.4 is 4.74 Å². The van der Waals surface area contributed by atoms with E-state index >= 15 is 0 Å². The molecule has 0 saturated heterocycles. The van der Waals surface area contributed by atoms with Gasteiger partial charge in [-0.25, -0.2) is 8.78 Å². The fraction of sp³-hybridized carbons (Fsp3) is 0.727. The molecule has 0 radical (unpaired) electrons. The van der Waals surface area contributed by atoms with Crippen LogP contribution in [0.2, 0.25) is 0 Å². The third-order valence-corrected chi connectivity index (χ3v) is 6.63. The molecule has 1 nitrogen and oxygen atoms in total. The highest BCUT2D eigenvalue weighted by atomic mass is 19.3. The largest absolute Gasteiger partial charge is 0.429 e. The number of fused-ring (bicyclic) bond motifs is 1. The first-order valence-electron chi connectivity index (χ1n) is 10.4. The summed E-state index contributed by atoms with van der Waals surface area (Å²) >= 11 is 0. The molecule has 5 heteroatoms. The van der Waals surface area contributed by atoms with Crippen LogP contribution in [0.4, 0.5) is 17.6 Å². The summed E-state index contributed by atoms with van der Waals surface area (Å²) in [6.45, 7) is -0.969. The maximum absolute atomic E-state index is 13.9. The fourth-order valence-electron chi connectivity index (χ4n) is 5.35. The second kappa shape index (κ2) is 9.29. The molecule has 2 aliphatic carbocycles. The number of hydrogen-bond acceptors (Lipinski definition) is 1. The summed E-state index contributed by atoms with van der Waals surface area (Å²) in [4.78, 5) is 0. The van der Waals surface area contributed by atoms with E-state index in [1.54, 1.807) is 0 Å². The van der Waals surface area contributed by atoms with Gasteiger partial charge in [-0.15, -0.1) is 0 Å². The van der Waals surface area contributed by atoms with Crippen molar-refractivity contribution >= 4 is 0 Å². The predicted octanol–water partition coefficient (Wildman–Crippen LogP) is 7.13. The predicted molar refractivity (Wildman–Crippen MR) is 97.9 cm³/mol. The molecule has 27 heavy (non-hydrogen) atoms. The van der Waals surface area contributed by atoms with E-state index < -0.39 is 24.0 Å². The van der Waals surface area contributed by atoms with Crippen molar-refractivity contribution in [1.82, 2.24) is 0 Å². The van der Waals surface area contributed by atoms with Gasteiger partial charge in [-0.2, -0.15) is 8.78 Å². The molecule has 1 aromatic carbocycles. The molecule has 0 amide bonds. The van der Waals surface area contributed by atoms with E-state index in [-0.39, 0.29) is 0 Å². The third kappa shape index (κ3) is 5.39. The maximum atomic E-state index is 13.9. The Hall–Kier alpha value is -1.26. The van der Waals surface area contributed by atoms with Gasteiger partial charge in [0.05, 0.1) is 0 Å². The molecule has 0 aromatic heterocycles. The van der Waals surface area contributed by atoms with Crippen molar-refractivity contribution < 1.29 is 22.3 Å². The molecule has 0 aliphatic heterocycles. The molecule has 0 spiro atoms. The van der Waals surface area contributed by atoms with Gasteiger partial charge in [0.2, 0.25) is 0 Å². The Bertz CT molecular complexity index is 595. The van der Waals surface area contributed by atoms with Crippen LogP contribution in [0, 0.1) is 35.3 Å². The van der Waals surface area contributed by atoms with Crippen LogP contribution in [0.3, 0.4) is 0 Å². The molecule has 4 atom stereocenters. The minimum Gasteiger partial charge on any atom is -0.429 e. The Morgan fingerprint density at radius 3 is 2.00 bits per heavy atom. The SMILES string of the molecule is CCCC1CCC2CC(CCc3cc(F)c(OC(F)F)c(F)c3)CCC2C1. The normalized spacial score (nSPS) is 28.2. The molecule has 1 aromatic rings. The second-order valence-corrected chi connectivity index (χ2v) is 8.47. The summed E-state index contributed by atoms with van der Waals surface area (Å²) in [5.41, 5.74) is 0.514. The number of rotatable bonds is 7. The van der Waals surface area contributed by atoms with Crippen molar-refractivity contribution in [1.29, 1.82) is 0 Å². The highest BCUT2D eigenvalue weighted by Gasteiger charge is 2.35. The van der Waals surface area contributed by atoms with Gasteiger partial charge in [0, 0.05) is 0 Å². The number of alkyl halides is 2. The molecular weight excluding hydrogens is 356 g/mol. The lowest BCUT2D eigenvalue weighted by molar-refractivity contribution is -0.0546. The van der Waals surface area contributed by atoms with Gasteiger partial charge in [-0.1, -0.05) is 32.6 Å². The second-order valence-electron chi connectivity index (χ2n) is 8.47. The Morgan fingerprint density at radius 2 is 1.48 bits per heavy atom. The monoisotopic (exact) mass is 386 g/mol. The summed E-state index contributed by atoms with van der Waals surface area (Å²) in [6.07, 6.45) is 11.9. The van der Waals surface area contributed by atoms with Gasteiger partial charge in [0.25, 0.3) is 0 Å². The van der Waals surface area contributed by atoms with Gasteiger partial charge in [0.1, 0.15) is 0 Å². The fourth-order valence-corrected chi connectivity index (χ4v) is 5.35. The Kier molecular flexibility index (Phi) is 7.04. The number of hydrogen-bond donors (Lipinski definition) is 0. The average Bonchev–Trinajstić information content (AvgIpc) is 2.63. The quantitative estimate of drug-likeness (QED) is 0.453. The maximum Gasteiger partial charge on any atom is 0.387 e. The average molecular weight is 386 g/mol. The van der Waals surface area contributed by atoms with Gasteiger partial charge < -0.3 is 4.74 Å². The molecule has 152 valence electrons. The molecule has 2 saturated carbocycles. The van der Waals surface area contributed by atoms with E-state index in [0.29, 0.717) is 17.9 Å². The standard InChI is InChI=1S/C22H30F4O/c1-2-3-14-6-8-18-11-15(7-9-17(18)10-14)4-5-16-12-19(23)21(20(24)13-16)27-22(25)26/h12-15,17-18,22H,2-11H2,1H3. The highest BCUT2D eigenvalue weighted by molar-refractivity contribution is 5.31. The Morgan fingerprint density at radius 1 is 0.926 bits per heavy atom. The van der Waals surface area contributed by atoms with E-state index in [0.717, 1.165) is 36.3 Å². The van der Waals surface area contributed by atoms with Gasteiger partial charge in [0.15, 0.2) is 17.4 Å². The van der Waals surface area contributed by atoms with E-state index in [2.05, 4.69) is 11.7 Å². The van der Waals surface area contributed by atoms with Crippen LogP contribution in [0.25, 0.3) is 0 Å². The molecule has 2 fully saturated rings. The highest BCUT2D eigenvalue weighted by Crippen LogP contribution is 2.46. The third-order valence-electron chi connectivity index (χ3n) is 6.63. The first-order chi connectivity index (χ1) is 13.0. The van der Waals surface area contributed by atoms with Crippen LogP contribution in [0.1, 0.15) is 70.3 Å². The van der Waals surface area contributed by atoms with E-state index in [1.165, 1.54) is 51.4 Å². The smallest absolute Gasteiger partial charge is 0.387 e. The number of aryl methyl sites for hydroxylation is 1. The Labute approximate surface area is 159 Å². The topological polar surface area (TPSA) is 9.23 Å². The van der Waals surface area contributed by atoms with E-state index in [4.69, 9.17) is 0 Å². The minimum absolute atomic E-state index is 0.514. The van der Waals surface area contributed by atoms with Crippen molar-refractivity contribution in [2.75, 3.05) is 0 Å². The van der Waals surface area contributed by atoms with Crippen LogP contribution in [-0.2, 0) is 6.42 Å². The van der Waals surface area contributed by atoms with E-state index in [9.17, 15) is 17.6 Å². The van der Waals surface area contributed by atoms with Gasteiger partial charge in [-0.05, 0) is 79.9 Å². The molecule has 4 unspecified atom stereocenters. The van der Waals surface area contributed by atoms with Gasteiger partial charge in [-0.3, -0.25) is 0 Å². The van der Waals surface area contributed by atoms with Crippen LogP contribution in [-0.4, -0.2) is 6.61 Å². The zero-order chi connectivity index (χ0) is 19.4. The number of benzene rings is 1. The van der Waals surface area contributed by atoms with Crippen molar-refractivity contribution in [2.24, 2.45) is 23.7 Å². The summed E-state index contributed by atoms with van der Waals surface area (Å²) in [6, 6.07) is 2.25. The van der Waals surface area contributed by atoms with Crippen molar-refractivity contribution in [3.05, 3.63) is 29.3 Å². The van der Waals surface area contributed by atoms with Crippen molar-refractivity contribution in [3.63, 3.8) is 0 Å². The van der Waals surface area contributed by atoms with Crippen LogP contribution >= 0.6 is 0 Å². The lowest BCUT2D eigenvalue weighted by Gasteiger charge is -2.42. The van der Waals surface area contributed by atoms with E-state index in [1.807, 2.05) is 0 Å². The van der Waals surface area contributed by atoms with Gasteiger partial charge >= 0.3 is 6.61 Å². The first kappa shape index (κ1) is 20.5. The summed E-state index contributed by atoms with van der Waals surface area (Å²) in [7, 11) is 0. The molecule has 0 heterocycles. The van der Waals surface area contributed by atoms with Crippen LogP contribution in [0.15, 0.2) is 12.1 Å². The lowest BCUT2D eigenvalue weighted by atomic mass is 9.63. The molecule has 3 rings (SSSR count).